The molecule has 3 heterocycles. The number of rotatable bonds is 7. The molecule has 1 aliphatic rings. The minimum absolute atomic E-state index is 0.0881. The van der Waals surface area contributed by atoms with Crippen molar-refractivity contribution in [1.29, 1.82) is 0 Å². The lowest BCUT2D eigenvalue weighted by atomic mass is 10.3. The highest BCUT2D eigenvalue weighted by Gasteiger charge is 2.28. The Kier molecular flexibility index (Phi) is 6.08. The van der Waals surface area contributed by atoms with E-state index in [2.05, 4.69) is 20.5 Å². The number of nitrogens with zero attached hydrogens (tertiary/aromatic N) is 5. The van der Waals surface area contributed by atoms with Gasteiger partial charge < -0.3 is 10.1 Å². The summed E-state index contributed by atoms with van der Waals surface area (Å²) in [7, 11) is 0. The SMILES string of the molecule is Cc1cc(C)n(-c2ccc(Cl)c(C(=O)OCC(=O)Nc3cc(C4CC4)nn3-c3ccccc3)n2)n1. The van der Waals surface area contributed by atoms with Gasteiger partial charge in [-0.15, -0.1) is 0 Å². The van der Waals surface area contributed by atoms with E-state index in [-0.39, 0.29) is 10.7 Å². The highest BCUT2D eigenvalue weighted by atomic mass is 35.5. The first kappa shape index (κ1) is 22.8. The van der Waals surface area contributed by atoms with Crippen LogP contribution in [-0.4, -0.2) is 43.0 Å². The zero-order chi connectivity index (χ0) is 24.5. The molecule has 0 unspecified atom stereocenters. The van der Waals surface area contributed by atoms with E-state index in [1.54, 1.807) is 21.5 Å². The van der Waals surface area contributed by atoms with Gasteiger partial charge in [-0.25, -0.2) is 19.1 Å². The number of aromatic nitrogens is 5. The van der Waals surface area contributed by atoms with Gasteiger partial charge in [-0.05, 0) is 57.0 Å². The molecule has 0 radical (unpaired) electrons. The number of ether oxygens (including phenoxy) is 1. The predicted octanol–water partition coefficient (Wildman–Crippen LogP) is 4.40. The summed E-state index contributed by atoms with van der Waals surface area (Å²) in [5, 5.41) is 11.9. The van der Waals surface area contributed by atoms with E-state index in [1.165, 1.54) is 0 Å². The second kappa shape index (κ2) is 9.34. The lowest BCUT2D eigenvalue weighted by Gasteiger charge is -2.10. The second-order valence-corrected chi connectivity index (χ2v) is 8.85. The van der Waals surface area contributed by atoms with Crippen molar-refractivity contribution in [3.63, 3.8) is 0 Å². The number of carbonyl (C=O) groups is 2. The molecule has 35 heavy (non-hydrogen) atoms. The van der Waals surface area contributed by atoms with Crippen LogP contribution in [0.2, 0.25) is 5.02 Å². The number of hydrogen-bond donors (Lipinski definition) is 1. The number of amides is 1. The van der Waals surface area contributed by atoms with Crippen LogP contribution in [0.25, 0.3) is 11.5 Å². The summed E-state index contributed by atoms with van der Waals surface area (Å²) < 4.78 is 8.52. The largest absolute Gasteiger partial charge is 0.451 e. The molecule has 0 atom stereocenters. The molecule has 0 bridgehead atoms. The third-order valence-corrected chi connectivity index (χ3v) is 5.88. The summed E-state index contributed by atoms with van der Waals surface area (Å²) in [5.41, 5.74) is 3.34. The minimum Gasteiger partial charge on any atom is -0.451 e. The Balaban J connectivity index is 1.29. The first-order chi connectivity index (χ1) is 16.9. The molecular weight excluding hydrogens is 468 g/mol. The molecule has 1 aromatic carbocycles. The topological polar surface area (TPSA) is 104 Å². The van der Waals surface area contributed by atoms with Crippen LogP contribution in [0.1, 0.15) is 46.3 Å². The predicted molar refractivity (Wildman–Crippen MR) is 130 cm³/mol. The van der Waals surface area contributed by atoms with Crippen molar-refractivity contribution >= 4 is 29.3 Å². The number of hydrogen-bond acceptors (Lipinski definition) is 6. The van der Waals surface area contributed by atoms with Crippen LogP contribution in [0.15, 0.2) is 54.6 Å². The third-order valence-electron chi connectivity index (χ3n) is 5.58. The summed E-state index contributed by atoms with van der Waals surface area (Å²) >= 11 is 6.19. The maximum atomic E-state index is 12.7. The van der Waals surface area contributed by atoms with Crippen molar-refractivity contribution in [3.05, 3.63) is 82.4 Å². The van der Waals surface area contributed by atoms with Crippen molar-refractivity contribution in [3.8, 4) is 11.5 Å². The zero-order valence-corrected chi connectivity index (χ0v) is 20.0. The fraction of sp³-hybridized carbons (Fsp3) is 0.240. The van der Waals surface area contributed by atoms with Gasteiger partial charge in [0.2, 0.25) is 0 Å². The summed E-state index contributed by atoms with van der Waals surface area (Å²) in [6, 6.07) is 16.5. The molecular formula is C25H23ClN6O3. The Bertz CT molecular complexity index is 1410. The van der Waals surface area contributed by atoms with Crippen LogP contribution in [0.4, 0.5) is 5.82 Å². The van der Waals surface area contributed by atoms with Gasteiger partial charge in [0, 0.05) is 17.7 Å². The van der Waals surface area contributed by atoms with Crippen molar-refractivity contribution in [2.45, 2.75) is 32.6 Å². The van der Waals surface area contributed by atoms with Crippen LogP contribution < -0.4 is 5.32 Å². The summed E-state index contributed by atoms with van der Waals surface area (Å²) in [6.07, 6.45) is 2.17. The van der Waals surface area contributed by atoms with E-state index in [0.29, 0.717) is 17.6 Å². The number of anilines is 1. The highest BCUT2D eigenvalue weighted by Crippen LogP contribution is 2.40. The number of carbonyl (C=O) groups excluding carboxylic acids is 2. The maximum absolute atomic E-state index is 12.7. The van der Waals surface area contributed by atoms with Gasteiger partial charge >= 0.3 is 5.97 Å². The van der Waals surface area contributed by atoms with Gasteiger partial charge in [0.25, 0.3) is 5.91 Å². The Hall–Kier alpha value is -3.98. The molecule has 1 amide bonds. The van der Waals surface area contributed by atoms with Gasteiger partial charge in [-0.1, -0.05) is 29.8 Å². The Morgan fingerprint density at radius 3 is 2.51 bits per heavy atom. The molecule has 1 fully saturated rings. The van der Waals surface area contributed by atoms with Gasteiger partial charge in [0.15, 0.2) is 18.1 Å². The standard InChI is InChI=1S/C25H23ClN6O3/c1-15-12-16(2)31(29-15)21-11-10-19(26)24(28-21)25(34)35-14-23(33)27-22-13-20(17-8-9-17)30-32(22)18-6-4-3-5-7-18/h3-7,10-13,17H,8-9,14H2,1-2H3,(H,27,33). The number of nitrogens with one attached hydrogen (secondary N) is 1. The van der Waals surface area contributed by atoms with Gasteiger partial charge in [-0.2, -0.15) is 10.2 Å². The van der Waals surface area contributed by atoms with E-state index in [9.17, 15) is 9.59 Å². The molecule has 4 aromatic rings. The lowest BCUT2D eigenvalue weighted by molar-refractivity contribution is -0.119. The maximum Gasteiger partial charge on any atom is 0.359 e. The number of pyridine rings is 1. The third kappa shape index (κ3) is 4.95. The summed E-state index contributed by atoms with van der Waals surface area (Å²) in [5.74, 6) is 0.0566. The monoisotopic (exact) mass is 490 g/mol. The van der Waals surface area contributed by atoms with Crippen LogP contribution in [0.5, 0.6) is 0 Å². The van der Waals surface area contributed by atoms with Crippen LogP contribution >= 0.6 is 11.6 Å². The van der Waals surface area contributed by atoms with Crippen molar-refractivity contribution < 1.29 is 14.3 Å². The number of aryl methyl sites for hydroxylation is 2. The molecule has 5 rings (SSSR count). The lowest BCUT2D eigenvalue weighted by Crippen LogP contribution is -2.23. The van der Waals surface area contributed by atoms with Crippen LogP contribution in [0.3, 0.4) is 0 Å². The van der Waals surface area contributed by atoms with Crippen molar-refractivity contribution in [1.82, 2.24) is 24.5 Å². The van der Waals surface area contributed by atoms with Crippen LogP contribution in [0, 0.1) is 13.8 Å². The highest BCUT2D eigenvalue weighted by molar-refractivity contribution is 6.33. The van der Waals surface area contributed by atoms with Crippen LogP contribution in [-0.2, 0) is 9.53 Å². The van der Waals surface area contributed by atoms with Gasteiger partial charge in [0.1, 0.15) is 5.82 Å². The minimum atomic E-state index is -0.802. The van der Waals surface area contributed by atoms with Gasteiger partial charge in [0.05, 0.1) is 22.1 Å². The number of halogens is 1. The molecule has 3 aromatic heterocycles. The zero-order valence-electron chi connectivity index (χ0n) is 19.2. The first-order valence-corrected chi connectivity index (χ1v) is 11.6. The number of para-hydroxylation sites is 1. The Morgan fingerprint density at radius 2 is 1.83 bits per heavy atom. The molecule has 0 spiro atoms. The summed E-state index contributed by atoms with van der Waals surface area (Å²) in [4.78, 5) is 29.7. The van der Waals surface area contributed by atoms with E-state index < -0.39 is 18.5 Å². The fourth-order valence-corrected chi connectivity index (χ4v) is 3.95. The average molecular weight is 491 g/mol. The molecule has 0 saturated heterocycles. The molecule has 178 valence electrons. The second-order valence-electron chi connectivity index (χ2n) is 8.44. The first-order valence-electron chi connectivity index (χ1n) is 11.2. The number of esters is 1. The molecule has 0 aliphatic heterocycles. The van der Waals surface area contributed by atoms with E-state index >= 15 is 0 Å². The molecule has 1 saturated carbocycles. The normalized spacial score (nSPS) is 13.0. The van der Waals surface area contributed by atoms with E-state index in [4.69, 9.17) is 16.3 Å². The Morgan fingerprint density at radius 1 is 1.06 bits per heavy atom. The average Bonchev–Trinajstić information content (AvgIpc) is 3.53. The molecule has 10 heteroatoms. The Labute approximate surface area is 206 Å². The van der Waals surface area contributed by atoms with Gasteiger partial charge in [-0.3, -0.25) is 4.79 Å². The molecule has 1 N–H and O–H groups in total. The van der Waals surface area contributed by atoms with Crippen molar-refractivity contribution in [2.75, 3.05) is 11.9 Å². The smallest absolute Gasteiger partial charge is 0.359 e. The summed E-state index contributed by atoms with van der Waals surface area (Å²) in [6.45, 7) is 3.25. The van der Waals surface area contributed by atoms with E-state index in [1.807, 2.05) is 56.3 Å². The fourth-order valence-electron chi connectivity index (χ4n) is 3.77. The number of benzene rings is 1. The van der Waals surface area contributed by atoms with Crippen molar-refractivity contribution in [2.24, 2.45) is 0 Å². The quantitative estimate of drug-likeness (QED) is 0.385. The van der Waals surface area contributed by atoms with E-state index in [0.717, 1.165) is 35.6 Å². The molecule has 9 nitrogen and oxygen atoms in total. The molecule has 1 aliphatic carbocycles.